The van der Waals surface area contributed by atoms with E-state index in [9.17, 15) is 4.79 Å². The lowest BCUT2D eigenvalue weighted by atomic mass is 9.85. The van der Waals surface area contributed by atoms with Crippen LogP contribution in [0.5, 0.6) is 0 Å². The van der Waals surface area contributed by atoms with Crippen LogP contribution < -0.4 is 5.32 Å². The number of hydrogen-bond acceptors (Lipinski definition) is 1. The van der Waals surface area contributed by atoms with E-state index in [1.807, 2.05) is 67.6 Å². The van der Waals surface area contributed by atoms with E-state index in [2.05, 4.69) is 36.5 Å². The molecular formula is C23H23NO. The maximum absolute atomic E-state index is 12.9. The molecule has 0 radical (unpaired) electrons. The Kier molecular flexibility index (Phi) is 4.99. The Hall–Kier alpha value is -2.87. The molecule has 3 aromatic carbocycles. The third-order valence-corrected chi connectivity index (χ3v) is 4.59. The van der Waals surface area contributed by atoms with Gasteiger partial charge in [-0.05, 0) is 43.0 Å². The van der Waals surface area contributed by atoms with Crippen LogP contribution in [0.2, 0.25) is 0 Å². The maximum Gasteiger partial charge on any atom is 0.252 e. The molecule has 25 heavy (non-hydrogen) atoms. The minimum Gasteiger partial charge on any atom is -0.342 e. The van der Waals surface area contributed by atoms with Crippen molar-refractivity contribution in [3.63, 3.8) is 0 Å². The van der Waals surface area contributed by atoms with Crippen molar-refractivity contribution >= 4 is 5.91 Å². The second-order valence-corrected chi connectivity index (χ2v) is 6.63. The molecule has 1 N–H and O–H groups in total. The van der Waals surface area contributed by atoms with Gasteiger partial charge in [-0.15, -0.1) is 0 Å². The molecule has 0 bridgehead atoms. The van der Waals surface area contributed by atoms with Crippen LogP contribution in [0, 0.1) is 6.92 Å². The standard InChI is InChI=1S/C23H23NO/c1-18-11-9-10-16-21(18)22(25)24-23(2,20-14-7-4-8-15-20)17-19-12-5-3-6-13-19/h3-16H,17H2,1-2H3,(H,24,25). The summed E-state index contributed by atoms with van der Waals surface area (Å²) in [6.07, 6.45) is 0.732. The van der Waals surface area contributed by atoms with Gasteiger partial charge in [0.2, 0.25) is 0 Å². The number of nitrogens with one attached hydrogen (secondary N) is 1. The van der Waals surface area contributed by atoms with Gasteiger partial charge in [0.15, 0.2) is 0 Å². The van der Waals surface area contributed by atoms with Crippen molar-refractivity contribution in [3.8, 4) is 0 Å². The van der Waals surface area contributed by atoms with Crippen molar-refractivity contribution in [3.05, 3.63) is 107 Å². The molecular weight excluding hydrogens is 306 g/mol. The molecule has 0 saturated heterocycles. The van der Waals surface area contributed by atoms with Gasteiger partial charge in [-0.3, -0.25) is 4.79 Å². The van der Waals surface area contributed by atoms with E-state index in [0.29, 0.717) is 0 Å². The first-order chi connectivity index (χ1) is 12.1. The van der Waals surface area contributed by atoms with Crippen LogP contribution in [-0.4, -0.2) is 5.91 Å². The van der Waals surface area contributed by atoms with E-state index < -0.39 is 5.54 Å². The van der Waals surface area contributed by atoms with Crippen molar-refractivity contribution in [1.82, 2.24) is 5.32 Å². The van der Waals surface area contributed by atoms with Crippen molar-refractivity contribution in [2.45, 2.75) is 25.8 Å². The van der Waals surface area contributed by atoms with Crippen LogP contribution >= 0.6 is 0 Å². The molecule has 0 aromatic heterocycles. The number of benzene rings is 3. The monoisotopic (exact) mass is 329 g/mol. The van der Waals surface area contributed by atoms with Gasteiger partial charge in [0.05, 0.1) is 5.54 Å². The van der Waals surface area contributed by atoms with E-state index >= 15 is 0 Å². The van der Waals surface area contributed by atoms with Gasteiger partial charge in [0.1, 0.15) is 0 Å². The number of amides is 1. The van der Waals surface area contributed by atoms with Gasteiger partial charge in [0.25, 0.3) is 5.91 Å². The second-order valence-electron chi connectivity index (χ2n) is 6.63. The zero-order valence-corrected chi connectivity index (χ0v) is 14.7. The number of rotatable bonds is 5. The Bertz CT molecular complexity index is 842. The quantitative estimate of drug-likeness (QED) is 0.710. The normalized spacial score (nSPS) is 13.0. The highest BCUT2D eigenvalue weighted by atomic mass is 16.1. The third-order valence-electron chi connectivity index (χ3n) is 4.59. The lowest BCUT2D eigenvalue weighted by Crippen LogP contribution is -2.45. The molecule has 0 spiro atoms. The Morgan fingerprint density at radius 2 is 1.40 bits per heavy atom. The second kappa shape index (κ2) is 7.35. The molecule has 3 aromatic rings. The molecule has 1 atom stereocenters. The summed E-state index contributed by atoms with van der Waals surface area (Å²) in [5, 5.41) is 3.28. The van der Waals surface area contributed by atoms with Crippen LogP contribution in [-0.2, 0) is 12.0 Å². The Labute approximate surface area is 149 Å². The molecule has 0 saturated carbocycles. The molecule has 0 heterocycles. The third kappa shape index (κ3) is 3.97. The van der Waals surface area contributed by atoms with Crippen molar-refractivity contribution in [1.29, 1.82) is 0 Å². The fourth-order valence-electron chi connectivity index (χ4n) is 3.17. The summed E-state index contributed by atoms with van der Waals surface area (Å²) in [5.41, 5.74) is 3.51. The Balaban J connectivity index is 1.94. The van der Waals surface area contributed by atoms with Crippen LogP contribution in [0.3, 0.4) is 0 Å². The number of hydrogen-bond donors (Lipinski definition) is 1. The number of aryl methyl sites for hydroxylation is 1. The topological polar surface area (TPSA) is 29.1 Å². The summed E-state index contributed by atoms with van der Waals surface area (Å²) in [5.74, 6) is -0.0413. The molecule has 0 fully saturated rings. The molecule has 0 aliphatic carbocycles. The summed E-state index contributed by atoms with van der Waals surface area (Å²) in [7, 11) is 0. The van der Waals surface area contributed by atoms with Crippen molar-refractivity contribution in [2.24, 2.45) is 0 Å². The minimum absolute atomic E-state index is 0.0413. The van der Waals surface area contributed by atoms with E-state index in [1.54, 1.807) is 0 Å². The largest absolute Gasteiger partial charge is 0.342 e. The Morgan fingerprint density at radius 1 is 0.840 bits per heavy atom. The van der Waals surface area contributed by atoms with E-state index in [0.717, 1.165) is 23.1 Å². The summed E-state index contributed by atoms with van der Waals surface area (Å²) >= 11 is 0. The Morgan fingerprint density at radius 3 is 2.04 bits per heavy atom. The maximum atomic E-state index is 12.9. The first kappa shape index (κ1) is 17.0. The SMILES string of the molecule is Cc1ccccc1C(=O)NC(C)(Cc1ccccc1)c1ccccc1. The summed E-state index contributed by atoms with van der Waals surface area (Å²) in [6.45, 7) is 4.05. The van der Waals surface area contributed by atoms with E-state index in [1.165, 1.54) is 5.56 Å². The van der Waals surface area contributed by atoms with Gasteiger partial charge < -0.3 is 5.32 Å². The van der Waals surface area contributed by atoms with Gasteiger partial charge >= 0.3 is 0 Å². The molecule has 0 aliphatic rings. The highest BCUT2D eigenvalue weighted by Gasteiger charge is 2.29. The van der Waals surface area contributed by atoms with Gasteiger partial charge in [-0.1, -0.05) is 78.9 Å². The summed E-state index contributed by atoms with van der Waals surface area (Å²) in [6, 6.07) is 28.1. The minimum atomic E-state index is -0.484. The zero-order valence-electron chi connectivity index (χ0n) is 14.7. The lowest BCUT2D eigenvalue weighted by Gasteiger charge is -2.32. The van der Waals surface area contributed by atoms with Crippen molar-refractivity contribution in [2.75, 3.05) is 0 Å². The predicted octanol–water partition coefficient (Wildman–Crippen LogP) is 4.88. The first-order valence-corrected chi connectivity index (χ1v) is 8.56. The average molecular weight is 329 g/mol. The lowest BCUT2D eigenvalue weighted by molar-refractivity contribution is 0.0903. The fraction of sp³-hybridized carbons (Fsp3) is 0.174. The van der Waals surface area contributed by atoms with Gasteiger partial charge in [-0.2, -0.15) is 0 Å². The van der Waals surface area contributed by atoms with Crippen LogP contribution in [0.4, 0.5) is 0 Å². The molecule has 3 rings (SSSR count). The molecule has 2 heteroatoms. The van der Waals surface area contributed by atoms with Gasteiger partial charge in [-0.25, -0.2) is 0 Å². The van der Waals surface area contributed by atoms with Crippen LogP contribution in [0.1, 0.15) is 34.0 Å². The van der Waals surface area contributed by atoms with Crippen LogP contribution in [0.15, 0.2) is 84.9 Å². The average Bonchev–Trinajstić information content (AvgIpc) is 2.63. The first-order valence-electron chi connectivity index (χ1n) is 8.56. The molecule has 1 unspecified atom stereocenters. The summed E-state index contributed by atoms with van der Waals surface area (Å²) < 4.78 is 0. The molecule has 0 aliphatic heterocycles. The predicted molar refractivity (Wildman–Crippen MR) is 103 cm³/mol. The smallest absolute Gasteiger partial charge is 0.252 e. The van der Waals surface area contributed by atoms with E-state index in [-0.39, 0.29) is 5.91 Å². The highest BCUT2D eigenvalue weighted by molar-refractivity contribution is 5.96. The highest BCUT2D eigenvalue weighted by Crippen LogP contribution is 2.26. The molecule has 1 amide bonds. The zero-order chi connectivity index (χ0) is 17.7. The van der Waals surface area contributed by atoms with Crippen LogP contribution in [0.25, 0.3) is 0 Å². The number of carbonyl (C=O) groups excluding carboxylic acids is 1. The molecule has 2 nitrogen and oxygen atoms in total. The fourth-order valence-corrected chi connectivity index (χ4v) is 3.17. The summed E-state index contributed by atoms with van der Waals surface area (Å²) in [4.78, 5) is 12.9. The van der Waals surface area contributed by atoms with Gasteiger partial charge in [0, 0.05) is 5.56 Å². The van der Waals surface area contributed by atoms with E-state index in [4.69, 9.17) is 0 Å². The number of carbonyl (C=O) groups is 1. The van der Waals surface area contributed by atoms with Crippen molar-refractivity contribution < 1.29 is 4.79 Å². The molecule has 126 valence electrons.